The standard InChI is InChI=1S/C17H15F3N4O4S/c1-9(8-12(21)25)13-14(24-16-15(13)22-6-7-23-16)10-2-4-11(5-3-10)28-29(26,27)17(18,19)20/h2-7,9H,8H2,1H3,(H2,21,25)(H,23,24). The molecule has 0 saturated heterocycles. The first kappa shape index (κ1) is 20.6. The van der Waals surface area contributed by atoms with Crippen molar-refractivity contribution in [1.29, 1.82) is 0 Å². The van der Waals surface area contributed by atoms with Gasteiger partial charge in [-0.3, -0.25) is 9.78 Å². The molecule has 154 valence electrons. The fraction of sp³-hybridized carbons (Fsp3) is 0.235. The second kappa shape index (κ2) is 7.35. The molecule has 29 heavy (non-hydrogen) atoms. The number of amides is 1. The third-order valence-corrected chi connectivity index (χ3v) is 5.08. The SMILES string of the molecule is CC(CC(N)=O)c1c(-c2ccc(OS(=O)(=O)C(F)(F)F)cc2)[nH]c2nccnc12. The van der Waals surface area contributed by atoms with Gasteiger partial charge in [-0.05, 0) is 35.7 Å². The van der Waals surface area contributed by atoms with Gasteiger partial charge in [-0.25, -0.2) is 4.98 Å². The Hall–Kier alpha value is -3.15. The van der Waals surface area contributed by atoms with Gasteiger partial charge in [0.1, 0.15) is 11.3 Å². The molecular formula is C17H15F3N4O4S. The molecule has 3 N–H and O–H groups in total. The number of hydrogen-bond donors (Lipinski definition) is 2. The molecule has 8 nitrogen and oxygen atoms in total. The Morgan fingerprint density at radius 1 is 1.21 bits per heavy atom. The molecule has 3 aromatic rings. The Morgan fingerprint density at radius 2 is 1.83 bits per heavy atom. The van der Waals surface area contributed by atoms with E-state index >= 15 is 0 Å². The summed E-state index contributed by atoms with van der Waals surface area (Å²) >= 11 is 0. The number of primary amides is 1. The third kappa shape index (κ3) is 4.16. The summed E-state index contributed by atoms with van der Waals surface area (Å²) in [6, 6.07) is 4.94. The van der Waals surface area contributed by atoms with Crippen LogP contribution in [0.3, 0.4) is 0 Å². The topological polar surface area (TPSA) is 128 Å². The molecular weight excluding hydrogens is 413 g/mol. The van der Waals surface area contributed by atoms with Crippen LogP contribution >= 0.6 is 0 Å². The van der Waals surface area contributed by atoms with E-state index in [1.54, 1.807) is 6.92 Å². The number of H-pyrrole nitrogens is 1. The number of alkyl halides is 3. The van der Waals surface area contributed by atoms with Crippen LogP contribution in [0.2, 0.25) is 0 Å². The minimum Gasteiger partial charge on any atom is -0.376 e. The van der Waals surface area contributed by atoms with Gasteiger partial charge in [0.15, 0.2) is 5.65 Å². The number of nitrogens with two attached hydrogens (primary N) is 1. The van der Waals surface area contributed by atoms with E-state index < -0.39 is 27.3 Å². The fourth-order valence-electron chi connectivity index (χ4n) is 2.89. The molecule has 0 aliphatic heterocycles. The minimum atomic E-state index is -5.76. The van der Waals surface area contributed by atoms with Gasteiger partial charge < -0.3 is 14.9 Å². The molecule has 3 rings (SSSR count). The van der Waals surface area contributed by atoms with E-state index in [0.29, 0.717) is 28.0 Å². The molecule has 0 aliphatic carbocycles. The molecule has 0 fully saturated rings. The molecule has 1 amide bonds. The van der Waals surface area contributed by atoms with E-state index in [-0.39, 0.29) is 12.3 Å². The average molecular weight is 428 g/mol. The van der Waals surface area contributed by atoms with E-state index in [0.717, 1.165) is 12.1 Å². The number of benzene rings is 1. The van der Waals surface area contributed by atoms with Gasteiger partial charge in [-0.15, -0.1) is 0 Å². The van der Waals surface area contributed by atoms with Crippen molar-refractivity contribution in [2.45, 2.75) is 24.8 Å². The van der Waals surface area contributed by atoms with E-state index in [4.69, 9.17) is 5.73 Å². The summed E-state index contributed by atoms with van der Waals surface area (Å²) in [5, 5.41) is 0. The number of aromatic nitrogens is 3. The zero-order valence-corrected chi connectivity index (χ0v) is 15.7. The summed E-state index contributed by atoms with van der Waals surface area (Å²) in [6.45, 7) is 1.78. The van der Waals surface area contributed by atoms with Gasteiger partial charge in [0.05, 0.1) is 5.69 Å². The van der Waals surface area contributed by atoms with Gasteiger partial charge in [0, 0.05) is 24.4 Å². The van der Waals surface area contributed by atoms with Crippen LogP contribution in [-0.4, -0.2) is 34.8 Å². The highest BCUT2D eigenvalue weighted by atomic mass is 32.2. The Morgan fingerprint density at radius 3 is 2.41 bits per heavy atom. The number of carbonyl (C=O) groups is 1. The predicted octanol–water partition coefficient (Wildman–Crippen LogP) is 2.83. The highest BCUT2D eigenvalue weighted by molar-refractivity contribution is 7.88. The lowest BCUT2D eigenvalue weighted by Crippen LogP contribution is -2.28. The van der Waals surface area contributed by atoms with Crippen molar-refractivity contribution < 1.29 is 30.6 Å². The first-order valence-electron chi connectivity index (χ1n) is 8.21. The van der Waals surface area contributed by atoms with Crippen LogP contribution < -0.4 is 9.92 Å². The minimum absolute atomic E-state index is 0.0432. The van der Waals surface area contributed by atoms with Gasteiger partial charge in [-0.2, -0.15) is 21.6 Å². The fourth-order valence-corrected chi connectivity index (χ4v) is 3.35. The predicted molar refractivity (Wildman–Crippen MR) is 97.2 cm³/mol. The normalized spacial score (nSPS) is 13.4. The maximum Gasteiger partial charge on any atom is 0.534 e. The van der Waals surface area contributed by atoms with Crippen LogP contribution in [0.15, 0.2) is 36.7 Å². The Labute approximate surface area is 163 Å². The molecule has 2 aromatic heterocycles. The monoisotopic (exact) mass is 428 g/mol. The number of aromatic amines is 1. The highest BCUT2D eigenvalue weighted by Gasteiger charge is 2.48. The zero-order chi connectivity index (χ0) is 21.4. The molecule has 0 aliphatic rings. The Balaban J connectivity index is 2.02. The van der Waals surface area contributed by atoms with Crippen molar-refractivity contribution in [3.63, 3.8) is 0 Å². The van der Waals surface area contributed by atoms with Crippen LogP contribution in [0.5, 0.6) is 5.75 Å². The van der Waals surface area contributed by atoms with Crippen LogP contribution in [0.25, 0.3) is 22.4 Å². The molecule has 1 atom stereocenters. The second-order valence-electron chi connectivity index (χ2n) is 6.25. The Bertz CT molecular complexity index is 1160. The molecule has 0 saturated carbocycles. The van der Waals surface area contributed by atoms with Crippen molar-refractivity contribution in [3.8, 4) is 17.0 Å². The summed E-state index contributed by atoms with van der Waals surface area (Å²) in [6.07, 6.45) is 3.00. The van der Waals surface area contributed by atoms with Crippen molar-refractivity contribution in [2.75, 3.05) is 0 Å². The van der Waals surface area contributed by atoms with Crippen molar-refractivity contribution in [2.24, 2.45) is 5.73 Å². The number of nitrogens with zero attached hydrogens (tertiary/aromatic N) is 2. The number of halogens is 3. The number of nitrogens with one attached hydrogen (secondary N) is 1. The van der Waals surface area contributed by atoms with Crippen LogP contribution in [0.4, 0.5) is 13.2 Å². The van der Waals surface area contributed by atoms with E-state index in [9.17, 15) is 26.4 Å². The maximum absolute atomic E-state index is 12.5. The molecule has 0 radical (unpaired) electrons. The summed E-state index contributed by atoms with van der Waals surface area (Å²) < 4.78 is 63.7. The highest BCUT2D eigenvalue weighted by Crippen LogP contribution is 2.36. The number of hydrogen-bond acceptors (Lipinski definition) is 6. The lowest BCUT2D eigenvalue weighted by Gasteiger charge is -2.12. The maximum atomic E-state index is 12.5. The van der Waals surface area contributed by atoms with Gasteiger partial charge in [0.25, 0.3) is 0 Å². The van der Waals surface area contributed by atoms with Crippen molar-refractivity contribution in [1.82, 2.24) is 15.0 Å². The number of carbonyl (C=O) groups excluding carboxylic acids is 1. The van der Waals surface area contributed by atoms with Crippen LogP contribution in [-0.2, 0) is 14.9 Å². The lowest BCUT2D eigenvalue weighted by molar-refractivity contribution is -0.118. The quantitative estimate of drug-likeness (QED) is 0.459. The number of rotatable bonds is 6. The second-order valence-corrected chi connectivity index (χ2v) is 7.78. The average Bonchev–Trinajstić information content (AvgIpc) is 3.00. The summed E-state index contributed by atoms with van der Waals surface area (Å²) in [5.41, 5.74) is 2.44. The summed E-state index contributed by atoms with van der Waals surface area (Å²) in [7, 11) is -5.76. The molecule has 2 heterocycles. The van der Waals surface area contributed by atoms with Gasteiger partial charge in [0.2, 0.25) is 5.91 Å². The van der Waals surface area contributed by atoms with Crippen molar-refractivity contribution >= 4 is 27.2 Å². The molecule has 12 heteroatoms. The third-order valence-electron chi connectivity index (χ3n) is 4.10. The molecule has 0 spiro atoms. The van der Waals surface area contributed by atoms with Gasteiger partial charge >= 0.3 is 15.6 Å². The lowest BCUT2D eigenvalue weighted by atomic mass is 9.94. The van der Waals surface area contributed by atoms with Crippen LogP contribution in [0, 0.1) is 0 Å². The molecule has 0 bridgehead atoms. The molecule has 1 aromatic carbocycles. The smallest absolute Gasteiger partial charge is 0.376 e. The Kier molecular flexibility index (Phi) is 5.22. The zero-order valence-electron chi connectivity index (χ0n) is 14.9. The first-order valence-corrected chi connectivity index (χ1v) is 9.62. The summed E-state index contributed by atoms with van der Waals surface area (Å²) in [4.78, 5) is 22.9. The van der Waals surface area contributed by atoms with E-state index in [1.165, 1.54) is 24.5 Å². The van der Waals surface area contributed by atoms with E-state index in [1.807, 2.05) is 0 Å². The van der Waals surface area contributed by atoms with Gasteiger partial charge in [-0.1, -0.05) is 6.92 Å². The van der Waals surface area contributed by atoms with Crippen molar-refractivity contribution in [3.05, 3.63) is 42.2 Å². The summed E-state index contributed by atoms with van der Waals surface area (Å²) in [5.74, 6) is -1.33. The molecule has 1 unspecified atom stereocenters. The van der Waals surface area contributed by atoms with Crippen LogP contribution in [0.1, 0.15) is 24.8 Å². The number of fused-ring (bicyclic) bond motifs is 1. The van der Waals surface area contributed by atoms with E-state index in [2.05, 4.69) is 19.1 Å². The first-order chi connectivity index (χ1) is 13.5. The largest absolute Gasteiger partial charge is 0.534 e.